The monoisotopic (exact) mass is 373 g/mol. The largest absolute Gasteiger partial charge is 0.334 e. The van der Waals surface area contributed by atoms with Crippen LogP contribution in [0.3, 0.4) is 0 Å². The maximum absolute atomic E-state index is 12.7. The van der Waals surface area contributed by atoms with Gasteiger partial charge >= 0.3 is 0 Å². The van der Waals surface area contributed by atoms with Crippen LogP contribution in [0.2, 0.25) is 0 Å². The fourth-order valence-corrected chi connectivity index (χ4v) is 3.01. The Kier molecular flexibility index (Phi) is 4.49. The summed E-state index contributed by atoms with van der Waals surface area (Å²) in [4.78, 5) is 16.9. The molecule has 0 aliphatic carbocycles. The molecule has 0 spiro atoms. The van der Waals surface area contributed by atoms with Gasteiger partial charge in [0.25, 0.3) is 11.8 Å². The van der Waals surface area contributed by atoms with Gasteiger partial charge < -0.3 is 9.84 Å². The molecular weight excluding hydrogens is 354 g/mol. The van der Waals surface area contributed by atoms with Gasteiger partial charge in [-0.3, -0.25) is 4.79 Å². The average Bonchev–Trinajstić information content (AvgIpc) is 3.27. The normalized spacial score (nSPS) is 10.8. The fraction of sp³-hybridized carbons (Fsp3) is 0.143. The summed E-state index contributed by atoms with van der Waals surface area (Å²) in [5.74, 6) is 0.791. The second-order valence-electron chi connectivity index (χ2n) is 6.53. The lowest BCUT2D eigenvalue weighted by molar-refractivity contribution is 0.102. The first-order valence-electron chi connectivity index (χ1n) is 8.86. The number of carbonyl (C=O) groups excluding carboxylic acids is 1. The van der Waals surface area contributed by atoms with Crippen molar-refractivity contribution in [3.05, 3.63) is 77.4 Å². The van der Waals surface area contributed by atoms with E-state index in [0.717, 1.165) is 22.6 Å². The maximum Gasteiger partial charge on any atom is 0.257 e. The number of aromatic nitrogens is 4. The van der Waals surface area contributed by atoms with Gasteiger partial charge in [0, 0.05) is 16.8 Å². The predicted octanol–water partition coefficient (Wildman–Crippen LogP) is 4.10. The first-order valence-corrected chi connectivity index (χ1v) is 8.86. The molecule has 2 heterocycles. The number of rotatable bonds is 4. The van der Waals surface area contributed by atoms with Crippen molar-refractivity contribution in [1.82, 2.24) is 19.9 Å². The first kappa shape index (κ1) is 17.7. The molecule has 2 aromatic heterocycles. The van der Waals surface area contributed by atoms with Gasteiger partial charge in [0.05, 0.1) is 17.1 Å². The van der Waals surface area contributed by atoms with Gasteiger partial charge in [-0.05, 0) is 63.2 Å². The Morgan fingerprint density at radius 1 is 1.04 bits per heavy atom. The van der Waals surface area contributed by atoms with Gasteiger partial charge in [0.1, 0.15) is 0 Å². The fourth-order valence-electron chi connectivity index (χ4n) is 3.01. The third kappa shape index (κ3) is 3.42. The van der Waals surface area contributed by atoms with Crippen LogP contribution in [-0.4, -0.2) is 25.8 Å². The highest BCUT2D eigenvalue weighted by atomic mass is 16.5. The number of amides is 1. The Labute approximate surface area is 162 Å². The van der Waals surface area contributed by atoms with Crippen molar-refractivity contribution in [3.63, 3.8) is 0 Å². The molecule has 0 atom stereocenters. The van der Waals surface area contributed by atoms with E-state index in [1.54, 1.807) is 31.2 Å². The predicted molar refractivity (Wildman–Crippen MR) is 105 cm³/mol. The number of para-hydroxylation sites is 2. The molecule has 0 fully saturated rings. The third-order valence-corrected chi connectivity index (χ3v) is 4.31. The van der Waals surface area contributed by atoms with Gasteiger partial charge in [-0.1, -0.05) is 17.3 Å². The van der Waals surface area contributed by atoms with E-state index in [2.05, 4.69) is 20.6 Å². The lowest BCUT2D eigenvalue weighted by Gasteiger charge is -2.12. The Morgan fingerprint density at radius 3 is 2.43 bits per heavy atom. The van der Waals surface area contributed by atoms with Crippen LogP contribution in [0.4, 0.5) is 5.69 Å². The van der Waals surface area contributed by atoms with E-state index in [-0.39, 0.29) is 5.91 Å². The number of carbonyl (C=O) groups is 1. The number of hydrogen-bond acceptors (Lipinski definition) is 5. The summed E-state index contributed by atoms with van der Waals surface area (Å²) in [5.41, 5.74) is 4.72. The zero-order valence-corrected chi connectivity index (χ0v) is 15.8. The van der Waals surface area contributed by atoms with Crippen molar-refractivity contribution < 1.29 is 9.32 Å². The molecule has 28 heavy (non-hydrogen) atoms. The minimum absolute atomic E-state index is 0.206. The molecule has 1 amide bonds. The molecule has 4 rings (SSSR count). The van der Waals surface area contributed by atoms with Crippen molar-refractivity contribution in [2.45, 2.75) is 20.8 Å². The Hall–Kier alpha value is -3.74. The molecular formula is C21H19N5O2. The van der Waals surface area contributed by atoms with E-state index in [1.807, 2.05) is 48.9 Å². The lowest BCUT2D eigenvalue weighted by atomic mass is 10.1. The molecule has 7 heteroatoms. The van der Waals surface area contributed by atoms with Gasteiger partial charge in [0.15, 0.2) is 5.82 Å². The van der Waals surface area contributed by atoms with Crippen LogP contribution in [0.1, 0.15) is 27.6 Å². The van der Waals surface area contributed by atoms with E-state index in [0.29, 0.717) is 23.0 Å². The smallest absolute Gasteiger partial charge is 0.257 e. The van der Waals surface area contributed by atoms with E-state index in [4.69, 9.17) is 4.52 Å². The number of anilines is 1. The number of aryl methyl sites for hydroxylation is 3. The summed E-state index contributed by atoms with van der Waals surface area (Å²) in [6.45, 7) is 5.68. The number of nitrogens with zero attached hydrogens (tertiary/aromatic N) is 4. The summed E-state index contributed by atoms with van der Waals surface area (Å²) in [7, 11) is 0. The number of benzene rings is 2. The molecule has 0 bridgehead atoms. The highest BCUT2D eigenvalue weighted by Crippen LogP contribution is 2.23. The average molecular weight is 373 g/mol. The maximum atomic E-state index is 12.7. The third-order valence-electron chi connectivity index (χ3n) is 4.31. The molecule has 4 aromatic rings. The summed E-state index contributed by atoms with van der Waals surface area (Å²) in [6, 6.07) is 16.6. The number of nitrogens with one attached hydrogen (secondary N) is 1. The van der Waals surface area contributed by atoms with E-state index < -0.39 is 0 Å². The van der Waals surface area contributed by atoms with Crippen LogP contribution >= 0.6 is 0 Å². The summed E-state index contributed by atoms with van der Waals surface area (Å²) >= 11 is 0. The topological polar surface area (TPSA) is 85.8 Å². The first-order chi connectivity index (χ1) is 13.5. The molecule has 0 saturated carbocycles. The second-order valence-corrected chi connectivity index (χ2v) is 6.53. The highest BCUT2D eigenvalue weighted by Gasteiger charge is 2.13. The lowest BCUT2D eigenvalue weighted by Crippen LogP contribution is -2.14. The molecule has 1 N–H and O–H groups in total. The molecule has 0 aliphatic rings. The zero-order valence-electron chi connectivity index (χ0n) is 15.8. The van der Waals surface area contributed by atoms with Crippen molar-refractivity contribution in [3.8, 4) is 17.1 Å². The molecule has 2 aromatic carbocycles. The molecule has 0 saturated heterocycles. The van der Waals surface area contributed by atoms with E-state index in [1.165, 1.54) is 0 Å². The van der Waals surface area contributed by atoms with Crippen LogP contribution in [0.5, 0.6) is 0 Å². The minimum atomic E-state index is -0.206. The summed E-state index contributed by atoms with van der Waals surface area (Å²) in [6.07, 6.45) is 0. The standard InChI is InChI=1S/C21H19N5O2/c1-13-12-14(2)26(24-13)19-7-5-4-6-18(19)23-20(27)16-8-10-17(11-9-16)21-22-15(3)25-28-21/h4-12H,1-3H3,(H,23,27). The van der Waals surface area contributed by atoms with Gasteiger partial charge in [-0.25, -0.2) is 4.68 Å². The van der Waals surface area contributed by atoms with Crippen LogP contribution < -0.4 is 5.32 Å². The van der Waals surface area contributed by atoms with E-state index >= 15 is 0 Å². The van der Waals surface area contributed by atoms with Crippen LogP contribution in [0.15, 0.2) is 59.1 Å². The van der Waals surface area contributed by atoms with Crippen molar-refractivity contribution in [2.24, 2.45) is 0 Å². The Balaban J connectivity index is 1.58. The second kappa shape index (κ2) is 7.11. The SMILES string of the molecule is Cc1cc(C)n(-c2ccccc2NC(=O)c2ccc(-c3nc(C)no3)cc2)n1. The summed E-state index contributed by atoms with van der Waals surface area (Å²) < 4.78 is 6.98. The quantitative estimate of drug-likeness (QED) is 0.582. The van der Waals surface area contributed by atoms with Crippen molar-refractivity contribution in [2.75, 3.05) is 5.32 Å². The van der Waals surface area contributed by atoms with Crippen LogP contribution in [0, 0.1) is 20.8 Å². The Bertz CT molecular complexity index is 1140. The van der Waals surface area contributed by atoms with Crippen molar-refractivity contribution >= 4 is 11.6 Å². The van der Waals surface area contributed by atoms with Gasteiger partial charge in [0.2, 0.25) is 0 Å². The Morgan fingerprint density at radius 2 is 1.79 bits per heavy atom. The summed E-state index contributed by atoms with van der Waals surface area (Å²) in [5, 5.41) is 11.3. The van der Waals surface area contributed by atoms with Crippen molar-refractivity contribution in [1.29, 1.82) is 0 Å². The zero-order chi connectivity index (χ0) is 19.7. The molecule has 0 unspecified atom stereocenters. The highest BCUT2D eigenvalue weighted by molar-refractivity contribution is 6.05. The molecule has 0 radical (unpaired) electrons. The minimum Gasteiger partial charge on any atom is -0.334 e. The molecule has 0 aliphatic heterocycles. The molecule has 140 valence electrons. The van der Waals surface area contributed by atoms with Gasteiger partial charge in [-0.15, -0.1) is 0 Å². The van der Waals surface area contributed by atoms with E-state index in [9.17, 15) is 4.79 Å². The van der Waals surface area contributed by atoms with Gasteiger partial charge in [-0.2, -0.15) is 10.1 Å². The number of hydrogen-bond donors (Lipinski definition) is 1. The van der Waals surface area contributed by atoms with Crippen LogP contribution in [0.25, 0.3) is 17.1 Å². The molecule has 7 nitrogen and oxygen atoms in total. The van der Waals surface area contributed by atoms with Crippen LogP contribution in [-0.2, 0) is 0 Å².